The number of aromatic nitrogens is 4. The van der Waals surface area contributed by atoms with Crippen molar-refractivity contribution in [1.82, 2.24) is 19.5 Å². The molecule has 0 saturated heterocycles. The average molecular weight is 230 g/mol. The van der Waals surface area contributed by atoms with E-state index in [1.54, 1.807) is 12.4 Å². The summed E-state index contributed by atoms with van der Waals surface area (Å²) in [6.07, 6.45) is 9.65. The summed E-state index contributed by atoms with van der Waals surface area (Å²) in [6.45, 7) is -0.0741. The second-order valence-corrected chi connectivity index (χ2v) is 4.24. The van der Waals surface area contributed by atoms with Crippen molar-refractivity contribution in [3.05, 3.63) is 35.8 Å². The van der Waals surface area contributed by atoms with Gasteiger partial charge < -0.3 is 5.11 Å². The molecule has 0 saturated carbocycles. The van der Waals surface area contributed by atoms with Gasteiger partial charge in [-0.2, -0.15) is 0 Å². The minimum Gasteiger partial charge on any atom is -0.390 e. The molecule has 1 N–H and O–H groups in total. The first kappa shape index (κ1) is 10.4. The van der Waals surface area contributed by atoms with Crippen LogP contribution in [0.5, 0.6) is 0 Å². The van der Waals surface area contributed by atoms with Crippen molar-refractivity contribution in [2.75, 3.05) is 0 Å². The van der Waals surface area contributed by atoms with Gasteiger partial charge in [0, 0.05) is 5.69 Å². The van der Waals surface area contributed by atoms with E-state index in [-0.39, 0.29) is 6.61 Å². The molecule has 3 rings (SSSR count). The van der Waals surface area contributed by atoms with Crippen LogP contribution in [0.1, 0.15) is 29.9 Å². The maximum absolute atomic E-state index is 8.93. The fraction of sp³-hybridized carbons (Fsp3) is 0.417. The lowest BCUT2D eigenvalue weighted by molar-refractivity contribution is 0.276. The first-order valence-electron chi connectivity index (χ1n) is 5.86. The predicted molar refractivity (Wildman–Crippen MR) is 61.7 cm³/mol. The molecule has 2 heterocycles. The molecular weight excluding hydrogens is 216 g/mol. The lowest BCUT2D eigenvalue weighted by Gasteiger charge is -2.13. The monoisotopic (exact) mass is 230 g/mol. The zero-order valence-corrected chi connectivity index (χ0v) is 9.50. The molecule has 88 valence electrons. The number of hydrogen-bond donors (Lipinski definition) is 1. The number of hydrogen-bond acceptors (Lipinski definition) is 4. The van der Waals surface area contributed by atoms with Crippen molar-refractivity contribution in [3.63, 3.8) is 0 Å². The van der Waals surface area contributed by atoms with Gasteiger partial charge in [-0.25, -0.2) is 9.97 Å². The molecule has 17 heavy (non-hydrogen) atoms. The van der Waals surface area contributed by atoms with Crippen LogP contribution < -0.4 is 0 Å². The number of aliphatic hydroxyl groups is 1. The van der Waals surface area contributed by atoms with E-state index in [2.05, 4.69) is 15.0 Å². The Morgan fingerprint density at radius 1 is 1.12 bits per heavy atom. The smallest absolute Gasteiger partial charge is 0.156 e. The molecule has 0 atom stereocenters. The van der Waals surface area contributed by atoms with E-state index in [4.69, 9.17) is 5.11 Å². The van der Waals surface area contributed by atoms with Crippen LogP contribution in [0.15, 0.2) is 18.7 Å². The van der Waals surface area contributed by atoms with Crippen molar-refractivity contribution >= 4 is 0 Å². The van der Waals surface area contributed by atoms with Crippen LogP contribution in [0.25, 0.3) is 5.82 Å². The predicted octanol–water partition coefficient (Wildman–Crippen LogP) is 1.03. The Morgan fingerprint density at radius 2 is 2.00 bits per heavy atom. The molecule has 0 aromatic carbocycles. The van der Waals surface area contributed by atoms with Gasteiger partial charge in [0.25, 0.3) is 0 Å². The van der Waals surface area contributed by atoms with Gasteiger partial charge in [-0.3, -0.25) is 9.55 Å². The molecule has 1 aliphatic rings. The fourth-order valence-electron chi connectivity index (χ4n) is 2.22. The Labute approximate surface area is 99.2 Å². The molecule has 0 amide bonds. The van der Waals surface area contributed by atoms with E-state index >= 15 is 0 Å². The lowest BCUT2D eigenvalue weighted by atomic mass is 10.0. The topological polar surface area (TPSA) is 63.8 Å². The van der Waals surface area contributed by atoms with Gasteiger partial charge in [-0.15, -0.1) is 0 Å². The summed E-state index contributed by atoms with van der Waals surface area (Å²) in [5.41, 5.74) is 3.02. The summed E-state index contributed by atoms with van der Waals surface area (Å²) in [5, 5.41) is 8.93. The summed E-state index contributed by atoms with van der Waals surface area (Å²) < 4.78 is 2.00. The van der Waals surface area contributed by atoms with Gasteiger partial charge >= 0.3 is 0 Å². The van der Waals surface area contributed by atoms with E-state index in [0.717, 1.165) is 18.7 Å². The van der Waals surface area contributed by atoms with Gasteiger partial charge in [0.2, 0.25) is 0 Å². The highest BCUT2D eigenvalue weighted by Crippen LogP contribution is 2.21. The van der Waals surface area contributed by atoms with E-state index in [9.17, 15) is 0 Å². The van der Waals surface area contributed by atoms with Crippen LogP contribution in [0.2, 0.25) is 0 Å². The molecule has 5 heteroatoms. The zero-order valence-electron chi connectivity index (χ0n) is 9.50. The number of fused-ring (bicyclic) bond motifs is 1. The Hall–Kier alpha value is -1.75. The van der Waals surface area contributed by atoms with Gasteiger partial charge in [0.05, 0.1) is 30.4 Å². The largest absolute Gasteiger partial charge is 0.390 e. The SMILES string of the molecule is OCc1cnc(-n2cnc3c2CCCC3)cn1. The van der Waals surface area contributed by atoms with Crippen LogP contribution in [-0.2, 0) is 19.4 Å². The fourth-order valence-corrected chi connectivity index (χ4v) is 2.22. The van der Waals surface area contributed by atoms with Crippen molar-refractivity contribution in [1.29, 1.82) is 0 Å². The third-order valence-electron chi connectivity index (χ3n) is 3.13. The van der Waals surface area contributed by atoms with Crippen LogP contribution in [0.3, 0.4) is 0 Å². The third-order valence-corrected chi connectivity index (χ3v) is 3.13. The van der Waals surface area contributed by atoms with E-state index in [1.807, 2.05) is 10.9 Å². The molecule has 0 spiro atoms. The van der Waals surface area contributed by atoms with Gasteiger partial charge in [0.1, 0.15) is 6.33 Å². The van der Waals surface area contributed by atoms with Crippen LogP contribution in [0.4, 0.5) is 0 Å². The quantitative estimate of drug-likeness (QED) is 0.837. The lowest BCUT2D eigenvalue weighted by Crippen LogP contribution is -2.08. The number of aliphatic hydroxyl groups excluding tert-OH is 1. The van der Waals surface area contributed by atoms with Crippen molar-refractivity contribution in [2.24, 2.45) is 0 Å². The number of nitrogens with zero attached hydrogens (tertiary/aromatic N) is 4. The van der Waals surface area contributed by atoms with Gasteiger partial charge in [-0.1, -0.05) is 0 Å². The molecule has 0 bridgehead atoms. The zero-order chi connectivity index (χ0) is 11.7. The Bertz CT molecular complexity index is 518. The number of aryl methyl sites for hydroxylation is 1. The number of imidazole rings is 1. The summed E-state index contributed by atoms with van der Waals surface area (Å²) in [6, 6.07) is 0. The van der Waals surface area contributed by atoms with Crippen LogP contribution >= 0.6 is 0 Å². The molecule has 2 aromatic rings. The van der Waals surface area contributed by atoms with Crippen LogP contribution in [-0.4, -0.2) is 24.6 Å². The van der Waals surface area contributed by atoms with E-state index in [0.29, 0.717) is 5.69 Å². The maximum Gasteiger partial charge on any atom is 0.156 e. The molecule has 0 unspecified atom stereocenters. The average Bonchev–Trinajstić information content (AvgIpc) is 2.83. The second-order valence-electron chi connectivity index (χ2n) is 4.24. The standard InChI is InChI=1S/C12H14N4O/c17-7-9-5-14-12(6-13-9)16-8-15-10-3-1-2-4-11(10)16/h5-6,8,17H,1-4,7H2. The van der Waals surface area contributed by atoms with Gasteiger partial charge in [0.15, 0.2) is 5.82 Å². The molecule has 0 radical (unpaired) electrons. The molecule has 0 fully saturated rings. The van der Waals surface area contributed by atoms with Crippen molar-refractivity contribution < 1.29 is 5.11 Å². The highest BCUT2D eigenvalue weighted by Gasteiger charge is 2.16. The highest BCUT2D eigenvalue weighted by atomic mass is 16.3. The van der Waals surface area contributed by atoms with Gasteiger partial charge in [-0.05, 0) is 25.7 Å². The summed E-state index contributed by atoms with van der Waals surface area (Å²) in [5.74, 6) is 0.776. The van der Waals surface area contributed by atoms with Crippen molar-refractivity contribution in [3.8, 4) is 5.82 Å². The first-order chi connectivity index (χ1) is 8.38. The Morgan fingerprint density at radius 3 is 2.76 bits per heavy atom. The molecule has 0 aliphatic heterocycles. The first-order valence-corrected chi connectivity index (χ1v) is 5.86. The summed E-state index contributed by atoms with van der Waals surface area (Å²) >= 11 is 0. The normalized spacial score (nSPS) is 14.6. The summed E-state index contributed by atoms with van der Waals surface area (Å²) in [4.78, 5) is 12.9. The third kappa shape index (κ3) is 1.82. The van der Waals surface area contributed by atoms with E-state index < -0.39 is 0 Å². The Kier molecular flexibility index (Phi) is 2.60. The molecule has 5 nitrogen and oxygen atoms in total. The summed E-state index contributed by atoms with van der Waals surface area (Å²) in [7, 11) is 0. The maximum atomic E-state index is 8.93. The minimum absolute atomic E-state index is 0.0741. The van der Waals surface area contributed by atoms with Crippen molar-refractivity contribution in [2.45, 2.75) is 32.3 Å². The number of rotatable bonds is 2. The molecule has 1 aliphatic carbocycles. The molecular formula is C12H14N4O. The highest BCUT2D eigenvalue weighted by molar-refractivity contribution is 5.28. The minimum atomic E-state index is -0.0741. The van der Waals surface area contributed by atoms with E-state index in [1.165, 1.54) is 24.2 Å². The second kappa shape index (κ2) is 4.25. The molecule has 2 aromatic heterocycles. The Balaban J connectivity index is 2.00. The van der Waals surface area contributed by atoms with Crippen LogP contribution in [0, 0.1) is 0 Å².